The first-order chi connectivity index (χ1) is 7.88. The van der Waals surface area contributed by atoms with E-state index in [-0.39, 0.29) is 0 Å². The number of carbonyl (C=O) groups excluding carboxylic acids is 1. The minimum Gasteiger partial charge on any atom is -0.298 e. The summed E-state index contributed by atoms with van der Waals surface area (Å²) in [5.41, 5.74) is 0.483. The molecule has 0 unspecified atom stereocenters. The molecule has 0 N–H and O–H groups in total. The minimum absolute atomic E-state index is 0.483. The van der Waals surface area contributed by atoms with Crippen LogP contribution in [-0.2, 0) is 0 Å². The SMILES string of the molecule is O=Cc1cnc(-n2ccnc2C2CC2)nc1. The zero-order chi connectivity index (χ0) is 11.0. The smallest absolute Gasteiger partial charge is 0.235 e. The van der Waals surface area contributed by atoms with E-state index in [4.69, 9.17) is 0 Å². The second kappa shape index (κ2) is 3.52. The van der Waals surface area contributed by atoms with Gasteiger partial charge in [0.2, 0.25) is 5.95 Å². The summed E-state index contributed by atoms with van der Waals surface area (Å²) in [6.45, 7) is 0. The van der Waals surface area contributed by atoms with Crippen molar-refractivity contribution in [3.63, 3.8) is 0 Å². The first-order valence-corrected chi connectivity index (χ1v) is 5.19. The molecule has 5 heteroatoms. The van der Waals surface area contributed by atoms with Crippen LogP contribution in [-0.4, -0.2) is 25.8 Å². The van der Waals surface area contributed by atoms with E-state index >= 15 is 0 Å². The van der Waals surface area contributed by atoms with Crippen molar-refractivity contribution >= 4 is 6.29 Å². The third-order valence-electron chi connectivity index (χ3n) is 2.62. The number of carbonyl (C=O) groups is 1. The number of imidazole rings is 1. The molecule has 0 bridgehead atoms. The molecule has 3 rings (SSSR count). The van der Waals surface area contributed by atoms with Gasteiger partial charge in [0, 0.05) is 30.7 Å². The van der Waals surface area contributed by atoms with Crippen molar-refractivity contribution < 1.29 is 4.79 Å². The summed E-state index contributed by atoms with van der Waals surface area (Å²) in [4.78, 5) is 23.1. The van der Waals surface area contributed by atoms with Gasteiger partial charge in [-0.25, -0.2) is 15.0 Å². The predicted octanol–water partition coefficient (Wildman–Crippen LogP) is 1.35. The molecular weight excluding hydrogens is 204 g/mol. The summed E-state index contributed by atoms with van der Waals surface area (Å²) in [7, 11) is 0. The van der Waals surface area contributed by atoms with Crippen molar-refractivity contribution in [3.8, 4) is 5.95 Å². The van der Waals surface area contributed by atoms with Crippen LogP contribution in [0.1, 0.15) is 34.9 Å². The third-order valence-corrected chi connectivity index (χ3v) is 2.62. The highest BCUT2D eigenvalue weighted by Crippen LogP contribution is 2.39. The maximum absolute atomic E-state index is 10.5. The van der Waals surface area contributed by atoms with Gasteiger partial charge < -0.3 is 0 Å². The van der Waals surface area contributed by atoms with E-state index in [0.717, 1.165) is 12.1 Å². The standard InChI is InChI=1S/C11H10N4O/c16-7-8-5-13-11(14-6-8)15-4-3-12-10(15)9-1-2-9/h3-7,9H,1-2H2. The lowest BCUT2D eigenvalue weighted by Gasteiger charge is -2.04. The maximum Gasteiger partial charge on any atom is 0.235 e. The molecule has 2 heterocycles. The Hall–Kier alpha value is -2.04. The van der Waals surface area contributed by atoms with Crippen molar-refractivity contribution in [2.75, 3.05) is 0 Å². The number of rotatable bonds is 3. The average molecular weight is 214 g/mol. The van der Waals surface area contributed by atoms with Crippen LogP contribution in [0.3, 0.4) is 0 Å². The van der Waals surface area contributed by atoms with E-state index in [1.807, 2.05) is 10.8 Å². The van der Waals surface area contributed by atoms with Crippen LogP contribution in [0.5, 0.6) is 0 Å². The number of hydrogen-bond donors (Lipinski definition) is 0. The van der Waals surface area contributed by atoms with Gasteiger partial charge in [-0.3, -0.25) is 9.36 Å². The molecule has 1 aliphatic rings. The van der Waals surface area contributed by atoms with E-state index in [1.54, 1.807) is 6.20 Å². The molecule has 16 heavy (non-hydrogen) atoms. The number of nitrogens with zero attached hydrogens (tertiary/aromatic N) is 4. The lowest BCUT2D eigenvalue weighted by Crippen LogP contribution is -2.04. The quantitative estimate of drug-likeness (QED) is 0.723. The zero-order valence-electron chi connectivity index (χ0n) is 8.58. The largest absolute Gasteiger partial charge is 0.298 e. The summed E-state index contributed by atoms with van der Waals surface area (Å²) < 4.78 is 1.88. The van der Waals surface area contributed by atoms with Crippen molar-refractivity contribution in [3.05, 3.63) is 36.2 Å². The van der Waals surface area contributed by atoms with Crippen LogP contribution in [0.15, 0.2) is 24.8 Å². The summed E-state index contributed by atoms with van der Waals surface area (Å²) >= 11 is 0. The van der Waals surface area contributed by atoms with Gasteiger partial charge in [-0.05, 0) is 12.8 Å². The Morgan fingerprint density at radius 3 is 2.62 bits per heavy atom. The molecule has 0 aromatic carbocycles. The Morgan fingerprint density at radius 1 is 1.25 bits per heavy atom. The molecule has 1 fully saturated rings. The first kappa shape index (κ1) is 9.21. The highest BCUT2D eigenvalue weighted by molar-refractivity contribution is 5.73. The molecule has 0 amide bonds. The fourth-order valence-corrected chi connectivity index (χ4v) is 1.64. The second-order valence-electron chi connectivity index (χ2n) is 3.86. The van der Waals surface area contributed by atoms with E-state index < -0.39 is 0 Å². The fourth-order valence-electron chi connectivity index (χ4n) is 1.64. The molecule has 2 aromatic rings. The van der Waals surface area contributed by atoms with Crippen LogP contribution in [0, 0.1) is 0 Å². The highest BCUT2D eigenvalue weighted by Gasteiger charge is 2.28. The van der Waals surface area contributed by atoms with Gasteiger partial charge >= 0.3 is 0 Å². The van der Waals surface area contributed by atoms with Crippen molar-refractivity contribution in [2.24, 2.45) is 0 Å². The molecular formula is C11H10N4O. The Labute approximate surface area is 92.2 Å². The number of aromatic nitrogens is 4. The Morgan fingerprint density at radius 2 is 2.00 bits per heavy atom. The first-order valence-electron chi connectivity index (χ1n) is 5.19. The topological polar surface area (TPSA) is 60.7 Å². The van der Waals surface area contributed by atoms with Crippen molar-refractivity contribution in [2.45, 2.75) is 18.8 Å². The Balaban J connectivity index is 2.00. The zero-order valence-corrected chi connectivity index (χ0v) is 8.58. The van der Waals surface area contributed by atoms with E-state index in [0.29, 0.717) is 17.4 Å². The molecule has 0 saturated heterocycles. The van der Waals surface area contributed by atoms with Gasteiger partial charge in [-0.1, -0.05) is 0 Å². The van der Waals surface area contributed by atoms with Crippen LogP contribution < -0.4 is 0 Å². The summed E-state index contributed by atoms with van der Waals surface area (Å²) in [6.07, 6.45) is 9.75. The van der Waals surface area contributed by atoms with Gasteiger partial charge in [-0.2, -0.15) is 0 Å². The summed E-state index contributed by atoms with van der Waals surface area (Å²) in [5.74, 6) is 2.13. The van der Waals surface area contributed by atoms with Gasteiger partial charge in [0.15, 0.2) is 6.29 Å². The second-order valence-corrected chi connectivity index (χ2v) is 3.86. The van der Waals surface area contributed by atoms with Crippen molar-refractivity contribution in [1.29, 1.82) is 0 Å². The van der Waals surface area contributed by atoms with Crippen molar-refractivity contribution in [1.82, 2.24) is 19.5 Å². The molecule has 0 aliphatic heterocycles. The number of hydrogen-bond acceptors (Lipinski definition) is 4. The lowest BCUT2D eigenvalue weighted by atomic mass is 10.4. The Bertz CT molecular complexity index is 513. The van der Waals surface area contributed by atoms with Gasteiger partial charge in [-0.15, -0.1) is 0 Å². The molecule has 5 nitrogen and oxygen atoms in total. The van der Waals surface area contributed by atoms with Crippen LogP contribution in [0.25, 0.3) is 5.95 Å². The molecule has 0 radical (unpaired) electrons. The Kier molecular flexibility index (Phi) is 2.02. The molecule has 1 saturated carbocycles. The molecule has 1 aliphatic carbocycles. The van der Waals surface area contributed by atoms with E-state index in [9.17, 15) is 4.79 Å². The third kappa shape index (κ3) is 1.50. The normalized spacial score (nSPS) is 15.0. The summed E-state index contributed by atoms with van der Waals surface area (Å²) in [6, 6.07) is 0. The maximum atomic E-state index is 10.5. The van der Waals surface area contributed by atoms with E-state index in [1.165, 1.54) is 25.2 Å². The summed E-state index contributed by atoms with van der Waals surface area (Å²) in [5, 5.41) is 0. The minimum atomic E-state index is 0.483. The van der Waals surface area contributed by atoms with Gasteiger partial charge in [0.25, 0.3) is 0 Å². The van der Waals surface area contributed by atoms with Crippen LogP contribution >= 0.6 is 0 Å². The molecule has 80 valence electrons. The highest BCUT2D eigenvalue weighted by atomic mass is 16.1. The lowest BCUT2D eigenvalue weighted by molar-refractivity contribution is 0.112. The molecule has 0 spiro atoms. The number of aldehydes is 1. The fraction of sp³-hybridized carbons (Fsp3) is 0.273. The predicted molar refractivity (Wildman–Crippen MR) is 56.5 cm³/mol. The van der Waals surface area contributed by atoms with Crippen LogP contribution in [0.4, 0.5) is 0 Å². The molecule has 2 aromatic heterocycles. The van der Waals surface area contributed by atoms with E-state index in [2.05, 4.69) is 15.0 Å². The average Bonchev–Trinajstić information content (AvgIpc) is 3.07. The molecule has 0 atom stereocenters. The monoisotopic (exact) mass is 214 g/mol. The van der Waals surface area contributed by atoms with Gasteiger partial charge in [0.1, 0.15) is 5.82 Å². The van der Waals surface area contributed by atoms with Gasteiger partial charge in [0.05, 0.1) is 5.56 Å². The van der Waals surface area contributed by atoms with Crippen LogP contribution in [0.2, 0.25) is 0 Å².